The van der Waals surface area contributed by atoms with Crippen LogP contribution in [0, 0.1) is 11.7 Å². The summed E-state index contributed by atoms with van der Waals surface area (Å²) in [4.78, 5) is 2.14. The lowest BCUT2D eigenvalue weighted by Gasteiger charge is -2.33. The number of hydrogen-bond donors (Lipinski definition) is 2. The molecule has 3 N–H and O–H groups in total. The summed E-state index contributed by atoms with van der Waals surface area (Å²) in [5.41, 5.74) is 7.17. The maximum absolute atomic E-state index is 13.3. The van der Waals surface area contributed by atoms with Crippen molar-refractivity contribution in [2.75, 3.05) is 30.3 Å². The van der Waals surface area contributed by atoms with Gasteiger partial charge in [0, 0.05) is 25.8 Å². The van der Waals surface area contributed by atoms with Crippen molar-refractivity contribution in [3.05, 3.63) is 22.4 Å². The number of halogens is 2. The van der Waals surface area contributed by atoms with Crippen molar-refractivity contribution < 1.29 is 9.50 Å². The monoisotopic (exact) mass is 302 g/mol. The Balaban J connectivity index is 2.16. The minimum atomic E-state index is -0.337. The van der Waals surface area contributed by atoms with Crippen molar-refractivity contribution >= 4 is 27.3 Å². The van der Waals surface area contributed by atoms with Crippen molar-refractivity contribution in [3.8, 4) is 0 Å². The van der Waals surface area contributed by atoms with Crippen molar-refractivity contribution in [1.82, 2.24) is 0 Å². The molecule has 0 aliphatic carbocycles. The first-order valence-corrected chi connectivity index (χ1v) is 6.51. The lowest BCUT2D eigenvalue weighted by Crippen LogP contribution is -2.35. The molecule has 94 valence electrons. The van der Waals surface area contributed by atoms with Crippen molar-refractivity contribution in [1.29, 1.82) is 0 Å². The second-order valence-corrected chi connectivity index (χ2v) is 5.29. The Morgan fingerprint density at radius 3 is 2.65 bits per heavy atom. The fourth-order valence-electron chi connectivity index (χ4n) is 2.18. The van der Waals surface area contributed by atoms with Gasteiger partial charge >= 0.3 is 0 Å². The van der Waals surface area contributed by atoms with Gasteiger partial charge in [0.25, 0.3) is 0 Å². The van der Waals surface area contributed by atoms with Crippen molar-refractivity contribution in [2.45, 2.75) is 12.8 Å². The molecule has 5 heteroatoms. The number of hydrogen-bond acceptors (Lipinski definition) is 3. The highest BCUT2D eigenvalue weighted by atomic mass is 79.9. The molecule has 1 aromatic rings. The first kappa shape index (κ1) is 12.6. The van der Waals surface area contributed by atoms with E-state index in [0.717, 1.165) is 31.6 Å². The number of benzene rings is 1. The zero-order chi connectivity index (χ0) is 12.4. The zero-order valence-electron chi connectivity index (χ0n) is 9.50. The summed E-state index contributed by atoms with van der Waals surface area (Å²) < 4.78 is 13.7. The fraction of sp³-hybridized carbons (Fsp3) is 0.500. The Morgan fingerprint density at radius 1 is 1.41 bits per heavy atom. The minimum Gasteiger partial charge on any atom is -0.397 e. The Hall–Kier alpha value is -0.810. The van der Waals surface area contributed by atoms with Gasteiger partial charge in [0.1, 0.15) is 5.82 Å². The predicted molar refractivity (Wildman–Crippen MR) is 70.5 cm³/mol. The second kappa shape index (κ2) is 5.23. The second-order valence-electron chi connectivity index (χ2n) is 4.44. The molecule has 3 nitrogen and oxygen atoms in total. The van der Waals surface area contributed by atoms with Gasteiger partial charge in [-0.25, -0.2) is 4.39 Å². The lowest BCUT2D eigenvalue weighted by molar-refractivity contribution is 0.203. The molecule has 1 aliphatic heterocycles. The Morgan fingerprint density at radius 2 is 2.06 bits per heavy atom. The van der Waals surface area contributed by atoms with Gasteiger partial charge in [-0.3, -0.25) is 0 Å². The van der Waals surface area contributed by atoms with E-state index in [4.69, 9.17) is 10.8 Å². The van der Waals surface area contributed by atoms with Crippen molar-refractivity contribution in [2.24, 2.45) is 5.92 Å². The standard InChI is InChI=1S/C12H16BrFN2O/c13-9-5-12(11(15)6-10(9)14)16-3-1-8(7-17)2-4-16/h5-6,8,17H,1-4,7,15H2. The number of nitrogens with zero attached hydrogens (tertiary/aromatic N) is 1. The Kier molecular flexibility index (Phi) is 3.89. The molecule has 17 heavy (non-hydrogen) atoms. The van der Waals surface area contributed by atoms with E-state index in [0.29, 0.717) is 16.1 Å². The number of aliphatic hydroxyl groups is 1. The number of rotatable bonds is 2. The highest BCUT2D eigenvalue weighted by Gasteiger charge is 2.20. The molecule has 0 radical (unpaired) electrons. The molecule has 0 saturated carbocycles. The van der Waals surface area contributed by atoms with Gasteiger partial charge in [0.15, 0.2) is 0 Å². The number of aliphatic hydroxyl groups excluding tert-OH is 1. The molecule has 0 spiro atoms. The third-order valence-electron chi connectivity index (χ3n) is 3.28. The summed E-state index contributed by atoms with van der Waals surface area (Å²) in [5, 5.41) is 9.08. The summed E-state index contributed by atoms with van der Waals surface area (Å²) in [6.45, 7) is 1.96. The molecule has 0 aromatic heterocycles. The van der Waals surface area contributed by atoms with E-state index < -0.39 is 0 Å². The van der Waals surface area contributed by atoms with Gasteiger partial charge in [-0.1, -0.05) is 0 Å². The van der Waals surface area contributed by atoms with Crippen LogP contribution in [0.4, 0.5) is 15.8 Å². The zero-order valence-corrected chi connectivity index (χ0v) is 11.1. The molecule has 1 heterocycles. The average molecular weight is 303 g/mol. The number of anilines is 2. The summed E-state index contributed by atoms with van der Waals surface area (Å²) in [5.74, 6) is 0.0489. The molecular weight excluding hydrogens is 287 g/mol. The molecule has 0 amide bonds. The summed E-state index contributed by atoms with van der Waals surface area (Å²) in [7, 11) is 0. The third-order valence-corrected chi connectivity index (χ3v) is 3.89. The van der Waals surface area contributed by atoms with Crippen LogP contribution in [0.2, 0.25) is 0 Å². The maximum Gasteiger partial charge on any atom is 0.139 e. The minimum absolute atomic E-state index is 0.246. The van der Waals surface area contributed by atoms with E-state index in [-0.39, 0.29) is 12.4 Å². The molecule has 1 aliphatic rings. The predicted octanol–water partition coefficient (Wildman–Crippen LogP) is 2.38. The van der Waals surface area contributed by atoms with E-state index >= 15 is 0 Å². The van der Waals surface area contributed by atoms with Gasteiger partial charge in [0.2, 0.25) is 0 Å². The van der Waals surface area contributed by atoms with E-state index in [9.17, 15) is 4.39 Å². The Labute approximate surface area is 109 Å². The summed E-state index contributed by atoms with van der Waals surface area (Å²) in [6, 6.07) is 3.07. The molecule has 0 unspecified atom stereocenters. The number of nitrogen functional groups attached to an aromatic ring is 1. The quantitative estimate of drug-likeness (QED) is 0.825. The van der Waals surface area contributed by atoms with Crippen LogP contribution in [-0.2, 0) is 0 Å². The average Bonchev–Trinajstić information content (AvgIpc) is 2.34. The van der Waals surface area contributed by atoms with Crippen LogP contribution >= 0.6 is 15.9 Å². The molecule has 1 saturated heterocycles. The maximum atomic E-state index is 13.3. The lowest BCUT2D eigenvalue weighted by atomic mass is 9.97. The van der Waals surface area contributed by atoms with Gasteiger partial charge in [-0.2, -0.15) is 0 Å². The first-order valence-electron chi connectivity index (χ1n) is 5.72. The first-order chi connectivity index (χ1) is 8.11. The fourth-order valence-corrected chi connectivity index (χ4v) is 2.51. The molecular formula is C12H16BrFN2O. The van der Waals surface area contributed by atoms with E-state index in [1.54, 1.807) is 6.07 Å². The molecule has 0 atom stereocenters. The van der Waals surface area contributed by atoms with Crippen LogP contribution in [0.1, 0.15) is 12.8 Å². The highest BCUT2D eigenvalue weighted by Crippen LogP contribution is 2.32. The third kappa shape index (κ3) is 2.72. The van der Waals surface area contributed by atoms with Gasteiger partial charge in [-0.15, -0.1) is 0 Å². The largest absolute Gasteiger partial charge is 0.397 e. The van der Waals surface area contributed by atoms with E-state index in [2.05, 4.69) is 20.8 Å². The van der Waals surface area contributed by atoms with Crippen molar-refractivity contribution in [3.63, 3.8) is 0 Å². The normalized spacial score (nSPS) is 17.5. The topological polar surface area (TPSA) is 49.5 Å². The van der Waals surface area contributed by atoms with E-state index in [1.165, 1.54) is 6.07 Å². The SMILES string of the molecule is Nc1cc(F)c(Br)cc1N1CCC(CO)CC1. The van der Waals surface area contributed by atoms with Gasteiger partial charge < -0.3 is 15.7 Å². The van der Waals surface area contributed by atoms with Crippen LogP contribution in [0.5, 0.6) is 0 Å². The van der Waals surface area contributed by atoms with Crippen LogP contribution in [0.3, 0.4) is 0 Å². The van der Waals surface area contributed by atoms with Crippen LogP contribution in [-0.4, -0.2) is 24.8 Å². The molecule has 0 bridgehead atoms. The molecule has 2 rings (SSSR count). The van der Waals surface area contributed by atoms with Gasteiger partial charge in [-0.05, 0) is 40.8 Å². The van der Waals surface area contributed by atoms with E-state index in [1.807, 2.05) is 0 Å². The van der Waals surface area contributed by atoms with Crippen LogP contribution in [0.25, 0.3) is 0 Å². The Bertz CT molecular complexity index is 406. The summed E-state index contributed by atoms with van der Waals surface area (Å²) in [6.07, 6.45) is 1.90. The summed E-state index contributed by atoms with van der Waals surface area (Å²) >= 11 is 3.18. The molecule has 1 fully saturated rings. The highest BCUT2D eigenvalue weighted by molar-refractivity contribution is 9.10. The van der Waals surface area contributed by atoms with Crippen LogP contribution < -0.4 is 10.6 Å². The van der Waals surface area contributed by atoms with Crippen LogP contribution in [0.15, 0.2) is 16.6 Å². The van der Waals surface area contributed by atoms with Gasteiger partial charge in [0.05, 0.1) is 15.8 Å². The number of nitrogens with two attached hydrogens (primary N) is 1. The molecule has 1 aromatic carbocycles. The smallest absolute Gasteiger partial charge is 0.139 e. The number of piperidine rings is 1.